The standard InChI is InChI=1S/C20H22Cl2N2O4S/c1-13-16(22)6-3-7-17(13)23-20(25)14-5-4-10-24(12-14)29(26,27)19-11-15(21)8-9-18(19)28-2/h3,6-9,11,14H,4-5,10,12H2,1-2H3,(H,23,25)/t14-/m0/s1. The molecule has 0 aromatic heterocycles. The van der Waals surface area contributed by atoms with Gasteiger partial charge in [0.05, 0.1) is 13.0 Å². The summed E-state index contributed by atoms with van der Waals surface area (Å²) in [5.41, 5.74) is 1.39. The molecule has 1 saturated heterocycles. The minimum Gasteiger partial charge on any atom is -0.495 e. The second-order valence-electron chi connectivity index (χ2n) is 6.90. The molecule has 0 saturated carbocycles. The zero-order chi connectivity index (χ0) is 21.2. The summed E-state index contributed by atoms with van der Waals surface area (Å²) < 4.78 is 32.9. The molecular weight excluding hydrogens is 435 g/mol. The minimum absolute atomic E-state index is 0.000700. The molecule has 1 heterocycles. The molecule has 9 heteroatoms. The Kier molecular flexibility index (Phi) is 6.73. The molecule has 0 bridgehead atoms. The Hall–Kier alpha value is -1.80. The highest BCUT2D eigenvalue weighted by atomic mass is 35.5. The fourth-order valence-corrected chi connectivity index (χ4v) is 5.46. The molecule has 0 aliphatic carbocycles. The Balaban J connectivity index is 1.80. The predicted molar refractivity (Wildman–Crippen MR) is 114 cm³/mol. The van der Waals surface area contributed by atoms with Crippen molar-refractivity contribution in [1.29, 1.82) is 0 Å². The third kappa shape index (κ3) is 4.69. The lowest BCUT2D eigenvalue weighted by Gasteiger charge is -2.31. The van der Waals surface area contributed by atoms with E-state index in [2.05, 4.69) is 5.32 Å². The van der Waals surface area contributed by atoms with Crippen LogP contribution in [0.1, 0.15) is 18.4 Å². The number of benzene rings is 2. The normalized spacial score (nSPS) is 17.7. The van der Waals surface area contributed by atoms with Gasteiger partial charge < -0.3 is 10.1 Å². The number of anilines is 1. The van der Waals surface area contributed by atoms with Gasteiger partial charge >= 0.3 is 0 Å². The average Bonchev–Trinajstić information content (AvgIpc) is 2.71. The summed E-state index contributed by atoms with van der Waals surface area (Å²) in [6, 6.07) is 9.74. The van der Waals surface area contributed by atoms with Gasteiger partial charge in [0.15, 0.2) is 0 Å². The van der Waals surface area contributed by atoms with E-state index in [1.54, 1.807) is 24.3 Å². The third-order valence-corrected chi connectivity index (χ3v) is 7.55. The van der Waals surface area contributed by atoms with Crippen molar-refractivity contribution in [3.05, 3.63) is 52.0 Å². The largest absolute Gasteiger partial charge is 0.495 e. The van der Waals surface area contributed by atoms with Gasteiger partial charge in [-0.2, -0.15) is 4.31 Å². The topological polar surface area (TPSA) is 75.7 Å². The first-order valence-electron chi connectivity index (χ1n) is 9.13. The lowest BCUT2D eigenvalue weighted by atomic mass is 9.98. The van der Waals surface area contributed by atoms with E-state index < -0.39 is 15.9 Å². The van der Waals surface area contributed by atoms with E-state index in [0.717, 1.165) is 5.56 Å². The van der Waals surface area contributed by atoms with Crippen LogP contribution in [-0.2, 0) is 14.8 Å². The number of carbonyl (C=O) groups excluding carboxylic acids is 1. The Morgan fingerprint density at radius 2 is 2.00 bits per heavy atom. The van der Waals surface area contributed by atoms with E-state index in [9.17, 15) is 13.2 Å². The Bertz CT molecular complexity index is 1030. The number of ether oxygens (including phenoxy) is 1. The van der Waals surface area contributed by atoms with Crippen LogP contribution >= 0.6 is 23.2 Å². The number of carbonyl (C=O) groups is 1. The van der Waals surface area contributed by atoms with Crippen LogP contribution in [0.4, 0.5) is 5.69 Å². The van der Waals surface area contributed by atoms with Crippen molar-refractivity contribution in [3.8, 4) is 5.75 Å². The lowest BCUT2D eigenvalue weighted by molar-refractivity contribution is -0.120. The van der Waals surface area contributed by atoms with Gasteiger partial charge in [-0.3, -0.25) is 4.79 Å². The van der Waals surface area contributed by atoms with Gasteiger partial charge in [0, 0.05) is 28.8 Å². The van der Waals surface area contributed by atoms with Crippen LogP contribution in [0.2, 0.25) is 10.0 Å². The van der Waals surface area contributed by atoms with Gasteiger partial charge in [0.1, 0.15) is 10.6 Å². The van der Waals surface area contributed by atoms with Crippen LogP contribution in [-0.4, -0.2) is 38.8 Å². The Labute approximate surface area is 180 Å². The SMILES string of the molecule is COc1ccc(Cl)cc1S(=O)(=O)N1CCC[C@H](C(=O)Nc2cccc(Cl)c2C)C1. The summed E-state index contributed by atoms with van der Waals surface area (Å²) in [5, 5.41) is 3.73. The molecular formula is C20H22Cl2N2O4S. The molecule has 6 nitrogen and oxygen atoms in total. The highest BCUT2D eigenvalue weighted by Crippen LogP contribution is 2.32. The first-order valence-corrected chi connectivity index (χ1v) is 11.3. The molecule has 0 spiro atoms. The van der Waals surface area contributed by atoms with Crippen molar-refractivity contribution in [2.45, 2.75) is 24.7 Å². The summed E-state index contributed by atoms with van der Waals surface area (Å²) in [6.45, 7) is 2.24. The molecule has 2 aromatic carbocycles. The summed E-state index contributed by atoms with van der Waals surface area (Å²) >= 11 is 12.1. The van der Waals surface area contributed by atoms with Crippen molar-refractivity contribution in [1.82, 2.24) is 4.31 Å². The summed E-state index contributed by atoms with van der Waals surface area (Å²) in [5.74, 6) is -0.481. The molecule has 0 radical (unpaired) electrons. The van der Waals surface area contributed by atoms with Gasteiger partial charge in [-0.25, -0.2) is 8.42 Å². The van der Waals surface area contributed by atoms with Gasteiger partial charge in [-0.1, -0.05) is 29.3 Å². The predicted octanol–water partition coefficient (Wildman–Crippen LogP) is 4.35. The van der Waals surface area contributed by atoms with Crippen LogP contribution in [0.25, 0.3) is 0 Å². The zero-order valence-corrected chi connectivity index (χ0v) is 18.4. The number of nitrogens with zero attached hydrogens (tertiary/aromatic N) is 1. The van der Waals surface area contributed by atoms with Gasteiger partial charge in [0.2, 0.25) is 15.9 Å². The number of halogens is 2. The second-order valence-corrected chi connectivity index (χ2v) is 9.65. The van der Waals surface area contributed by atoms with E-state index in [0.29, 0.717) is 35.1 Å². The van der Waals surface area contributed by atoms with Crippen molar-refractivity contribution < 1.29 is 17.9 Å². The highest BCUT2D eigenvalue weighted by Gasteiger charge is 2.35. The first-order chi connectivity index (χ1) is 13.7. The third-order valence-electron chi connectivity index (χ3n) is 5.02. The molecule has 1 aliphatic heterocycles. The maximum atomic E-state index is 13.2. The van der Waals surface area contributed by atoms with Crippen LogP contribution < -0.4 is 10.1 Å². The smallest absolute Gasteiger partial charge is 0.246 e. The molecule has 1 amide bonds. The molecule has 1 fully saturated rings. The molecule has 29 heavy (non-hydrogen) atoms. The number of amides is 1. The number of piperidine rings is 1. The van der Waals surface area contributed by atoms with Gasteiger partial charge in [0.25, 0.3) is 0 Å². The highest BCUT2D eigenvalue weighted by molar-refractivity contribution is 7.89. The van der Waals surface area contributed by atoms with E-state index in [4.69, 9.17) is 27.9 Å². The van der Waals surface area contributed by atoms with Crippen molar-refractivity contribution in [3.63, 3.8) is 0 Å². The molecule has 156 valence electrons. The zero-order valence-electron chi connectivity index (χ0n) is 16.1. The fraction of sp³-hybridized carbons (Fsp3) is 0.350. The van der Waals surface area contributed by atoms with Crippen molar-refractivity contribution in [2.24, 2.45) is 5.92 Å². The summed E-state index contributed by atoms with van der Waals surface area (Å²) in [6.07, 6.45) is 1.18. The first kappa shape index (κ1) is 21.9. The van der Waals surface area contributed by atoms with E-state index >= 15 is 0 Å². The summed E-state index contributed by atoms with van der Waals surface area (Å²) in [7, 11) is -2.45. The molecule has 1 atom stereocenters. The quantitative estimate of drug-likeness (QED) is 0.725. The van der Waals surface area contributed by atoms with E-state index in [1.165, 1.54) is 23.5 Å². The fourth-order valence-electron chi connectivity index (χ4n) is 3.34. The van der Waals surface area contributed by atoms with Gasteiger partial charge in [-0.05, 0) is 55.7 Å². The maximum absolute atomic E-state index is 13.2. The molecule has 1 N–H and O–H groups in total. The minimum atomic E-state index is -3.86. The van der Waals surface area contributed by atoms with Crippen molar-refractivity contribution in [2.75, 3.05) is 25.5 Å². The lowest BCUT2D eigenvalue weighted by Crippen LogP contribution is -2.43. The Morgan fingerprint density at radius 1 is 1.24 bits per heavy atom. The average molecular weight is 457 g/mol. The second kappa shape index (κ2) is 8.92. The molecule has 2 aromatic rings. The van der Waals surface area contributed by atoms with Crippen LogP contribution in [0.5, 0.6) is 5.75 Å². The summed E-state index contributed by atoms with van der Waals surface area (Å²) in [4.78, 5) is 12.8. The number of nitrogens with one attached hydrogen (secondary N) is 1. The number of hydrogen-bond acceptors (Lipinski definition) is 4. The van der Waals surface area contributed by atoms with Crippen molar-refractivity contribution >= 4 is 44.8 Å². The number of rotatable bonds is 5. The van der Waals surface area contributed by atoms with E-state index in [-0.39, 0.29) is 23.1 Å². The van der Waals surface area contributed by atoms with Crippen LogP contribution in [0.15, 0.2) is 41.3 Å². The molecule has 3 rings (SSSR count). The number of sulfonamides is 1. The monoisotopic (exact) mass is 456 g/mol. The number of methoxy groups -OCH3 is 1. The number of hydrogen-bond donors (Lipinski definition) is 1. The van der Waals surface area contributed by atoms with Crippen LogP contribution in [0.3, 0.4) is 0 Å². The molecule has 1 aliphatic rings. The van der Waals surface area contributed by atoms with Gasteiger partial charge in [-0.15, -0.1) is 0 Å². The molecule has 0 unspecified atom stereocenters. The van der Waals surface area contributed by atoms with Crippen LogP contribution in [0, 0.1) is 12.8 Å². The van der Waals surface area contributed by atoms with E-state index in [1.807, 2.05) is 6.92 Å². The maximum Gasteiger partial charge on any atom is 0.246 e. The Morgan fingerprint density at radius 3 is 2.72 bits per heavy atom.